The van der Waals surface area contributed by atoms with Crippen LogP contribution in [0, 0.1) is 3.57 Å². The fourth-order valence-electron chi connectivity index (χ4n) is 2.00. The zero-order valence-electron chi connectivity index (χ0n) is 11.1. The minimum atomic E-state index is 0.639. The molecule has 0 unspecified atom stereocenters. The highest BCUT2D eigenvalue weighted by atomic mass is 127. The van der Waals surface area contributed by atoms with Crippen LogP contribution in [0.2, 0.25) is 5.02 Å². The van der Waals surface area contributed by atoms with Crippen molar-refractivity contribution in [2.24, 2.45) is 0 Å². The fourth-order valence-corrected chi connectivity index (χ4v) is 2.92. The third kappa shape index (κ3) is 3.57. The first kappa shape index (κ1) is 14.4. The summed E-state index contributed by atoms with van der Waals surface area (Å²) in [5.41, 5.74) is 2.94. The van der Waals surface area contributed by atoms with Crippen molar-refractivity contribution in [3.63, 3.8) is 0 Å². The molecular weight excluding hydrogens is 397 g/mol. The summed E-state index contributed by atoms with van der Waals surface area (Å²) in [6.07, 6.45) is 1.96. The lowest BCUT2D eigenvalue weighted by atomic mass is 10.3. The Labute approximate surface area is 142 Å². The Morgan fingerprint density at radius 3 is 2.67 bits per heavy atom. The van der Waals surface area contributed by atoms with Gasteiger partial charge in [-0.25, -0.2) is 4.68 Å². The van der Waals surface area contributed by atoms with E-state index < -0.39 is 0 Å². The maximum atomic E-state index is 6.20. The maximum Gasteiger partial charge on any atom is 0.0819 e. The van der Waals surface area contributed by atoms with Gasteiger partial charge in [0.25, 0.3) is 0 Å². The first-order chi connectivity index (χ1) is 10.2. The molecule has 3 aromatic rings. The molecule has 21 heavy (non-hydrogen) atoms. The molecule has 0 spiro atoms. The number of nitrogens with one attached hydrogen (secondary N) is 1. The molecule has 0 atom stereocenters. The predicted molar refractivity (Wildman–Crippen MR) is 95.1 cm³/mol. The standard InChI is InChI=1S/C16H13ClIN3/c17-15-10-12(18)6-7-16(15)19-11-13-8-9-21(20-13)14-4-2-1-3-5-14/h1-10,19H,11H2. The first-order valence-electron chi connectivity index (χ1n) is 6.51. The Balaban J connectivity index is 1.70. The van der Waals surface area contributed by atoms with Gasteiger partial charge in [0.2, 0.25) is 0 Å². The summed E-state index contributed by atoms with van der Waals surface area (Å²) < 4.78 is 2.99. The first-order valence-corrected chi connectivity index (χ1v) is 7.97. The van der Waals surface area contributed by atoms with E-state index in [1.807, 2.05) is 65.5 Å². The zero-order valence-corrected chi connectivity index (χ0v) is 14.0. The lowest BCUT2D eigenvalue weighted by molar-refractivity contribution is 0.844. The van der Waals surface area contributed by atoms with Crippen LogP contribution in [-0.4, -0.2) is 9.78 Å². The van der Waals surface area contributed by atoms with Crippen molar-refractivity contribution >= 4 is 39.9 Å². The fraction of sp³-hybridized carbons (Fsp3) is 0.0625. The minimum Gasteiger partial charge on any atom is -0.378 e. The van der Waals surface area contributed by atoms with E-state index in [1.165, 1.54) is 0 Å². The summed E-state index contributed by atoms with van der Waals surface area (Å²) in [4.78, 5) is 0. The topological polar surface area (TPSA) is 29.9 Å². The second-order valence-corrected chi connectivity index (χ2v) is 6.22. The summed E-state index contributed by atoms with van der Waals surface area (Å²) in [5, 5.41) is 8.59. The molecule has 3 rings (SSSR count). The van der Waals surface area contributed by atoms with Gasteiger partial charge >= 0.3 is 0 Å². The molecule has 5 heteroatoms. The number of para-hydroxylation sites is 1. The Kier molecular flexibility index (Phi) is 4.45. The number of halogens is 2. The summed E-state index contributed by atoms with van der Waals surface area (Å²) in [5.74, 6) is 0. The number of anilines is 1. The van der Waals surface area contributed by atoms with Gasteiger partial charge in [-0.1, -0.05) is 29.8 Å². The Morgan fingerprint density at radius 2 is 1.90 bits per heavy atom. The summed E-state index contributed by atoms with van der Waals surface area (Å²) >= 11 is 8.45. The molecule has 0 aliphatic rings. The summed E-state index contributed by atoms with van der Waals surface area (Å²) in [6.45, 7) is 0.639. The van der Waals surface area contributed by atoms with Crippen molar-refractivity contribution in [2.75, 3.05) is 5.32 Å². The normalized spacial score (nSPS) is 10.6. The van der Waals surface area contributed by atoms with E-state index in [0.717, 1.165) is 25.7 Å². The molecule has 0 aliphatic heterocycles. The lowest BCUT2D eigenvalue weighted by Crippen LogP contribution is -2.02. The lowest BCUT2D eigenvalue weighted by Gasteiger charge is -2.07. The second kappa shape index (κ2) is 6.49. The van der Waals surface area contributed by atoms with E-state index >= 15 is 0 Å². The molecule has 3 nitrogen and oxygen atoms in total. The summed E-state index contributed by atoms with van der Waals surface area (Å²) in [7, 11) is 0. The van der Waals surface area contributed by atoms with Crippen molar-refractivity contribution in [3.8, 4) is 5.69 Å². The molecule has 0 aliphatic carbocycles. The average molecular weight is 410 g/mol. The molecule has 0 radical (unpaired) electrons. The van der Waals surface area contributed by atoms with Crippen LogP contribution < -0.4 is 5.32 Å². The Hall–Kier alpha value is -1.53. The molecule has 0 saturated carbocycles. The van der Waals surface area contributed by atoms with E-state index in [0.29, 0.717) is 6.54 Å². The van der Waals surface area contributed by atoms with Gasteiger partial charge in [0, 0.05) is 9.77 Å². The van der Waals surface area contributed by atoms with Crippen LogP contribution in [0.4, 0.5) is 5.69 Å². The molecule has 1 N–H and O–H groups in total. The minimum absolute atomic E-state index is 0.639. The smallest absolute Gasteiger partial charge is 0.0819 e. The molecule has 1 heterocycles. The van der Waals surface area contributed by atoms with Gasteiger partial charge in [-0.2, -0.15) is 5.10 Å². The van der Waals surface area contributed by atoms with E-state index in [9.17, 15) is 0 Å². The number of hydrogen-bond donors (Lipinski definition) is 1. The average Bonchev–Trinajstić information content (AvgIpc) is 2.96. The Morgan fingerprint density at radius 1 is 1.10 bits per heavy atom. The highest BCUT2D eigenvalue weighted by Crippen LogP contribution is 2.24. The third-order valence-corrected chi connectivity index (χ3v) is 4.04. The van der Waals surface area contributed by atoms with Crippen molar-refractivity contribution in [2.45, 2.75) is 6.54 Å². The zero-order chi connectivity index (χ0) is 14.7. The van der Waals surface area contributed by atoms with Crippen LogP contribution in [0.3, 0.4) is 0 Å². The van der Waals surface area contributed by atoms with Gasteiger partial charge < -0.3 is 5.32 Å². The third-order valence-electron chi connectivity index (χ3n) is 3.06. The monoisotopic (exact) mass is 409 g/mol. The molecule has 0 saturated heterocycles. The number of rotatable bonds is 4. The van der Waals surface area contributed by atoms with Gasteiger partial charge in [-0.15, -0.1) is 0 Å². The largest absolute Gasteiger partial charge is 0.378 e. The molecular formula is C16H13ClIN3. The molecule has 0 amide bonds. The molecule has 2 aromatic carbocycles. The maximum absolute atomic E-state index is 6.20. The predicted octanol–water partition coefficient (Wildman–Crippen LogP) is 4.74. The molecule has 0 fully saturated rings. The van der Waals surface area contributed by atoms with Crippen LogP contribution >= 0.6 is 34.2 Å². The highest BCUT2D eigenvalue weighted by molar-refractivity contribution is 14.1. The quantitative estimate of drug-likeness (QED) is 0.631. The highest BCUT2D eigenvalue weighted by Gasteiger charge is 2.03. The van der Waals surface area contributed by atoms with Crippen LogP contribution in [0.5, 0.6) is 0 Å². The molecule has 1 aromatic heterocycles. The number of aromatic nitrogens is 2. The van der Waals surface area contributed by atoms with E-state index in [1.54, 1.807) is 0 Å². The number of benzene rings is 2. The van der Waals surface area contributed by atoms with Crippen molar-refractivity contribution in [1.29, 1.82) is 0 Å². The number of nitrogens with zero attached hydrogens (tertiary/aromatic N) is 2. The van der Waals surface area contributed by atoms with Crippen molar-refractivity contribution in [3.05, 3.63) is 75.1 Å². The SMILES string of the molecule is Clc1cc(I)ccc1NCc1ccn(-c2ccccc2)n1. The van der Waals surface area contributed by atoms with Crippen LogP contribution in [-0.2, 0) is 6.54 Å². The van der Waals surface area contributed by atoms with E-state index in [-0.39, 0.29) is 0 Å². The van der Waals surface area contributed by atoms with Crippen molar-refractivity contribution in [1.82, 2.24) is 9.78 Å². The summed E-state index contributed by atoms with van der Waals surface area (Å²) in [6, 6.07) is 18.0. The number of hydrogen-bond acceptors (Lipinski definition) is 2. The van der Waals surface area contributed by atoms with Gasteiger partial charge in [0.1, 0.15) is 0 Å². The Bertz CT molecular complexity index is 740. The van der Waals surface area contributed by atoms with Gasteiger partial charge in [0.15, 0.2) is 0 Å². The van der Waals surface area contributed by atoms with Gasteiger partial charge in [0.05, 0.1) is 28.6 Å². The molecule has 0 bridgehead atoms. The van der Waals surface area contributed by atoms with Crippen LogP contribution in [0.15, 0.2) is 60.8 Å². The van der Waals surface area contributed by atoms with Crippen LogP contribution in [0.25, 0.3) is 5.69 Å². The van der Waals surface area contributed by atoms with Crippen LogP contribution in [0.1, 0.15) is 5.69 Å². The van der Waals surface area contributed by atoms with E-state index in [2.05, 4.69) is 33.0 Å². The van der Waals surface area contributed by atoms with E-state index in [4.69, 9.17) is 11.6 Å². The van der Waals surface area contributed by atoms with Gasteiger partial charge in [-0.05, 0) is 59.0 Å². The molecule has 106 valence electrons. The second-order valence-electron chi connectivity index (χ2n) is 4.56. The van der Waals surface area contributed by atoms with Gasteiger partial charge in [-0.3, -0.25) is 0 Å². The van der Waals surface area contributed by atoms with Crippen molar-refractivity contribution < 1.29 is 0 Å².